The Morgan fingerprint density at radius 1 is 1.55 bits per heavy atom. The van der Waals surface area contributed by atoms with Crippen LogP contribution in [0.25, 0.3) is 0 Å². The van der Waals surface area contributed by atoms with Crippen LogP contribution in [-0.2, 0) is 4.79 Å². The van der Waals surface area contributed by atoms with Gasteiger partial charge in [-0.25, -0.2) is 0 Å². The first-order valence-corrected chi connectivity index (χ1v) is 7.47. The van der Waals surface area contributed by atoms with Crippen LogP contribution in [0.4, 0.5) is 0 Å². The van der Waals surface area contributed by atoms with E-state index in [1.807, 2.05) is 26.0 Å². The monoisotopic (exact) mass is 296 g/mol. The van der Waals surface area contributed by atoms with Gasteiger partial charge in [-0.05, 0) is 61.8 Å². The van der Waals surface area contributed by atoms with Gasteiger partial charge in [0.2, 0.25) is 0 Å². The standard InChI is InChI=1S/C16H21ClO3/c1-4-20-15-6-10(3)14(17)8-12(15)9(2)5-11-7-13(11)16(18)19/h6,8-9,11,13H,4-5,7H2,1-3H3,(H,18,19). The number of carboxylic acid groups (broad SMARTS) is 1. The van der Waals surface area contributed by atoms with Crippen LogP contribution in [0.3, 0.4) is 0 Å². The Bertz CT molecular complexity index is 513. The molecule has 1 aromatic carbocycles. The largest absolute Gasteiger partial charge is 0.494 e. The third-order valence-corrected chi connectivity index (χ3v) is 4.43. The van der Waals surface area contributed by atoms with Crippen LogP contribution in [0.2, 0.25) is 5.02 Å². The highest BCUT2D eigenvalue weighted by molar-refractivity contribution is 6.31. The zero-order chi connectivity index (χ0) is 14.9. The van der Waals surface area contributed by atoms with Crippen LogP contribution in [0.1, 0.15) is 43.7 Å². The van der Waals surface area contributed by atoms with Crippen molar-refractivity contribution in [3.05, 3.63) is 28.3 Å². The number of benzene rings is 1. The maximum atomic E-state index is 10.9. The van der Waals surface area contributed by atoms with Gasteiger partial charge in [0, 0.05) is 5.02 Å². The molecule has 3 atom stereocenters. The summed E-state index contributed by atoms with van der Waals surface area (Å²) in [7, 11) is 0. The smallest absolute Gasteiger partial charge is 0.306 e. The second kappa shape index (κ2) is 6.04. The minimum Gasteiger partial charge on any atom is -0.494 e. The van der Waals surface area contributed by atoms with E-state index in [-0.39, 0.29) is 17.8 Å². The molecule has 0 saturated heterocycles. The molecule has 20 heavy (non-hydrogen) atoms. The fraction of sp³-hybridized carbons (Fsp3) is 0.562. The number of ether oxygens (including phenoxy) is 1. The number of hydrogen-bond donors (Lipinski definition) is 1. The lowest BCUT2D eigenvalue weighted by atomic mass is 9.93. The van der Waals surface area contributed by atoms with E-state index in [0.717, 1.165) is 34.7 Å². The highest BCUT2D eigenvalue weighted by atomic mass is 35.5. The number of rotatable bonds is 6. The Labute approximate surface area is 124 Å². The Kier molecular flexibility index (Phi) is 4.59. The molecule has 0 aromatic heterocycles. The van der Waals surface area contributed by atoms with E-state index in [1.54, 1.807) is 0 Å². The average molecular weight is 297 g/mol. The van der Waals surface area contributed by atoms with Crippen molar-refractivity contribution in [2.45, 2.75) is 39.5 Å². The fourth-order valence-electron chi connectivity index (χ4n) is 2.73. The summed E-state index contributed by atoms with van der Waals surface area (Å²) in [5.74, 6) is 0.582. The summed E-state index contributed by atoms with van der Waals surface area (Å²) in [6.07, 6.45) is 1.67. The van der Waals surface area contributed by atoms with Gasteiger partial charge in [-0.2, -0.15) is 0 Å². The topological polar surface area (TPSA) is 46.5 Å². The summed E-state index contributed by atoms with van der Waals surface area (Å²) in [5.41, 5.74) is 2.08. The summed E-state index contributed by atoms with van der Waals surface area (Å²) in [6.45, 7) is 6.64. The molecule has 0 aliphatic heterocycles. The molecule has 0 spiro atoms. The highest BCUT2D eigenvalue weighted by Crippen LogP contribution is 2.46. The first-order valence-electron chi connectivity index (χ1n) is 7.09. The zero-order valence-electron chi connectivity index (χ0n) is 12.1. The van der Waals surface area contributed by atoms with Crippen molar-refractivity contribution in [2.24, 2.45) is 11.8 Å². The van der Waals surface area contributed by atoms with Crippen molar-refractivity contribution < 1.29 is 14.6 Å². The molecule has 1 fully saturated rings. The number of carbonyl (C=O) groups is 1. The first-order chi connectivity index (χ1) is 9.43. The van der Waals surface area contributed by atoms with Crippen LogP contribution in [0, 0.1) is 18.8 Å². The van der Waals surface area contributed by atoms with Crippen molar-refractivity contribution in [1.82, 2.24) is 0 Å². The number of aryl methyl sites for hydroxylation is 1. The quantitative estimate of drug-likeness (QED) is 0.853. The third-order valence-electron chi connectivity index (χ3n) is 4.02. The molecule has 0 heterocycles. The number of aliphatic carboxylic acids is 1. The lowest BCUT2D eigenvalue weighted by molar-refractivity contribution is -0.138. The molecule has 1 aromatic rings. The lowest BCUT2D eigenvalue weighted by Gasteiger charge is -2.18. The van der Waals surface area contributed by atoms with E-state index in [1.165, 1.54) is 0 Å². The maximum Gasteiger partial charge on any atom is 0.306 e. The third kappa shape index (κ3) is 3.26. The minimum atomic E-state index is -0.672. The molecular weight excluding hydrogens is 276 g/mol. The Morgan fingerprint density at radius 3 is 2.80 bits per heavy atom. The zero-order valence-corrected chi connectivity index (χ0v) is 12.9. The number of halogens is 1. The molecule has 1 aliphatic rings. The molecule has 0 bridgehead atoms. The van der Waals surface area contributed by atoms with Crippen molar-refractivity contribution in [3.8, 4) is 5.75 Å². The molecule has 1 saturated carbocycles. The molecule has 2 rings (SSSR count). The molecule has 0 radical (unpaired) electrons. The Hall–Kier alpha value is -1.22. The van der Waals surface area contributed by atoms with E-state index < -0.39 is 5.97 Å². The Morgan fingerprint density at radius 2 is 2.25 bits per heavy atom. The van der Waals surface area contributed by atoms with Crippen LogP contribution < -0.4 is 4.74 Å². The van der Waals surface area contributed by atoms with Gasteiger partial charge in [0.1, 0.15) is 5.75 Å². The van der Waals surface area contributed by atoms with Gasteiger partial charge < -0.3 is 9.84 Å². The summed E-state index contributed by atoms with van der Waals surface area (Å²) in [6, 6.07) is 3.93. The number of hydrogen-bond acceptors (Lipinski definition) is 2. The highest BCUT2D eigenvalue weighted by Gasteiger charge is 2.43. The predicted molar refractivity (Wildman–Crippen MR) is 79.6 cm³/mol. The van der Waals surface area contributed by atoms with Crippen molar-refractivity contribution in [1.29, 1.82) is 0 Å². The Balaban J connectivity index is 2.14. The summed E-state index contributed by atoms with van der Waals surface area (Å²) in [5, 5.41) is 9.72. The average Bonchev–Trinajstić information content (AvgIpc) is 3.13. The molecule has 1 aliphatic carbocycles. The van der Waals surface area contributed by atoms with E-state index in [0.29, 0.717) is 6.61 Å². The van der Waals surface area contributed by atoms with Crippen molar-refractivity contribution in [2.75, 3.05) is 6.61 Å². The van der Waals surface area contributed by atoms with Gasteiger partial charge in [0.15, 0.2) is 0 Å². The predicted octanol–water partition coefficient (Wildman–Crippen LogP) is 4.26. The summed E-state index contributed by atoms with van der Waals surface area (Å²) in [4.78, 5) is 10.9. The molecule has 4 heteroatoms. The van der Waals surface area contributed by atoms with E-state index in [2.05, 4.69) is 6.92 Å². The van der Waals surface area contributed by atoms with Gasteiger partial charge in [-0.15, -0.1) is 0 Å². The van der Waals surface area contributed by atoms with Crippen molar-refractivity contribution >= 4 is 17.6 Å². The van der Waals surface area contributed by atoms with Crippen LogP contribution in [0.15, 0.2) is 12.1 Å². The molecule has 3 nitrogen and oxygen atoms in total. The first kappa shape index (κ1) is 15.2. The van der Waals surface area contributed by atoms with E-state index in [4.69, 9.17) is 21.4 Å². The number of carboxylic acids is 1. The maximum absolute atomic E-state index is 10.9. The molecule has 110 valence electrons. The van der Waals surface area contributed by atoms with Gasteiger partial charge in [0.05, 0.1) is 12.5 Å². The SMILES string of the molecule is CCOc1cc(C)c(Cl)cc1C(C)CC1CC1C(=O)O. The van der Waals surface area contributed by atoms with E-state index >= 15 is 0 Å². The molecular formula is C16H21ClO3. The molecule has 1 N–H and O–H groups in total. The van der Waals surface area contributed by atoms with Crippen LogP contribution in [-0.4, -0.2) is 17.7 Å². The second-order valence-electron chi connectivity index (χ2n) is 5.65. The van der Waals surface area contributed by atoms with Gasteiger partial charge in [0.25, 0.3) is 0 Å². The van der Waals surface area contributed by atoms with Crippen molar-refractivity contribution in [3.63, 3.8) is 0 Å². The van der Waals surface area contributed by atoms with Gasteiger partial charge >= 0.3 is 5.97 Å². The normalized spacial score (nSPS) is 22.4. The van der Waals surface area contributed by atoms with Gasteiger partial charge in [-0.3, -0.25) is 4.79 Å². The van der Waals surface area contributed by atoms with Crippen LogP contribution in [0.5, 0.6) is 5.75 Å². The van der Waals surface area contributed by atoms with E-state index in [9.17, 15) is 4.79 Å². The van der Waals surface area contributed by atoms with Crippen LogP contribution >= 0.6 is 11.6 Å². The second-order valence-corrected chi connectivity index (χ2v) is 6.06. The fourth-order valence-corrected chi connectivity index (χ4v) is 2.90. The summed E-state index contributed by atoms with van der Waals surface area (Å²) >= 11 is 6.21. The minimum absolute atomic E-state index is 0.158. The molecule has 0 amide bonds. The molecule has 3 unspecified atom stereocenters. The summed E-state index contributed by atoms with van der Waals surface area (Å²) < 4.78 is 5.70. The lowest BCUT2D eigenvalue weighted by Crippen LogP contribution is -2.05. The van der Waals surface area contributed by atoms with Gasteiger partial charge in [-0.1, -0.05) is 18.5 Å².